The number of rotatable bonds is 11. The Bertz CT molecular complexity index is 1370. The van der Waals surface area contributed by atoms with Crippen LogP contribution in [0.25, 0.3) is 0 Å². The van der Waals surface area contributed by atoms with Gasteiger partial charge in [-0.1, -0.05) is 20.8 Å². The number of anilines is 1. The van der Waals surface area contributed by atoms with E-state index in [0.717, 1.165) is 55.9 Å². The fraction of sp³-hybridized carbons (Fsp3) is 0.528. The first-order chi connectivity index (χ1) is 20.8. The van der Waals surface area contributed by atoms with E-state index in [2.05, 4.69) is 103 Å². The number of hydrogen-bond acceptors (Lipinski definition) is 6. The number of benzene rings is 1. The van der Waals surface area contributed by atoms with Crippen LogP contribution >= 0.6 is 0 Å². The molecule has 4 rings (SSSR count). The van der Waals surface area contributed by atoms with Gasteiger partial charge in [0, 0.05) is 62.5 Å². The van der Waals surface area contributed by atoms with Crippen molar-refractivity contribution in [2.75, 3.05) is 24.5 Å². The molecule has 238 valence electrons. The van der Waals surface area contributed by atoms with Crippen molar-refractivity contribution < 1.29 is 9.22 Å². The standard InChI is InChI=1S/C36H53N5O2Si/c1-26-14-19-37-24-30(26)25-41(31-10-12-33(13-11-31)43-44(8,9)36(5,6)7)32-17-22-40(23-18-32)28(3)16-21-39-35(42)34-27(2)15-20-38-29(34)4/h10-15,19-20,24,28,32H,16-18,21-23,25H2,1-9H3,(H,39,42)/t28-/m1/s1. The number of aromatic nitrogens is 2. The maximum absolute atomic E-state index is 12.8. The van der Waals surface area contributed by atoms with Gasteiger partial charge in [-0.2, -0.15) is 0 Å². The molecule has 1 atom stereocenters. The highest BCUT2D eigenvalue weighted by Crippen LogP contribution is 2.38. The maximum Gasteiger partial charge on any atom is 0.253 e. The summed E-state index contributed by atoms with van der Waals surface area (Å²) >= 11 is 0. The molecule has 1 aliphatic heterocycles. The number of pyridine rings is 2. The van der Waals surface area contributed by atoms with Gasteiger partial charge in [0.15, 0.2) is 0 Å². The Morgan fingerprint density at radius 2 is 1.70 bits per heavy atom. The van der Waals surface area contributed by atoms with Gasteiger partial charge >= 0.3 is 0 Å². The van der Waals surface area contributed by atoms with Crippen LogP contribution in [0.3, 0.4) is 0 Å². The van der Waals surface area contributed by atoms with Crippen molar-refractivity contribution in [3.63, 3.8) is 0 Å². The molecule has 0 unspecified atom stereocenters. The Labute approximate surface area is 266 Å². The molecular weight excluding hydrogens is 563 g/mol. The summed E-state index contributed by atoms with van der Waals surface area (Å²) in [6.45, 7) is 23.3. The van der Waals surface area contributed by atoms with Gasteiger partial charge in [-0.25, -0.2) is 0 Å². The van der Waals surface area contributed by atoms with E-state index in [1.54, 1.807) is 6.20 Å². The number of carbonyl (C=O) groups is 1. The van der Waals surface area contributed by atoms with Gasteiger partial charge in [-0.15, -0.1) is 0 Å². The lowest BCUT2D eigenvalue weighted by Gasteiger charge is -2.42. The Morgan fingerprint density at radius 1 is 1.05 bits per heavy atom. The average molecular weight is 616 g/mol. The van der Waals surface area contributed by atoms with E-state index in [1.807, 2.05) is 32.3 Å². The zero-order valence-electron chi connectivity index (χ0n) is 28.4. The second-order valence-electron chi connectivity index (χ2n) is 14.0. The fourth-order valence-electron chi connectivity index (χ4n) is 5.77. The van der Waals surface area contributed by atoms with E-state index in [1.165, 1.54) is 16.8 Å². The summed E-state index contributed by atoms with van der Waals surface area (Å²) < 4.78 is 6.58. The smallest absolute Gasteiger partial charge is 0.253 e. The largest absolute Gasteiger partial charge is 0.544 e. The number of nitrogens with zero attached hydrogens (tertiary/aromatic N) is 4. The minimum Gasteiger partial charge on any atom is -0.544 e. The quantitative estimate of drug-likeness (QED) is 0.226. The molecule has 0 radical (unpaired) electrons. The van der Waals surface area contributed by atoms with Crippen molar-refractivity contribution >= 4 is 19.9 Å². The molecule has 1 saturated heterocycles. The van der Waals surface area contributed by atoms with Crippen molar-refractivity contribution in [1.82, 2.24) is 20.2 Å². The van der Waals surface area contributed by atoms with Crippen molar-refractivity contribution in [2.24, 2.45) is 0 Å². The lowest BCUT2D eigenvalue weighted by Crippen LogP contribution is -2.48. The topological polar surface area (TPSA) is 70.6 Å². The Balaban J connectivity index is 1.39. The van der Waals surface area contributed by atoms with Gasteiger partial charge in [0.05, 0.1) is 11.3 Å². The fourth-order valence-corrected chi connectivity index (χ4v) is 6.80. The van der Waals surface area contributed by atoms with Crippen molar-refractivity contribution in [1.29, 1.82) is 0 Å². The third kappa shape index (κ3) is 8.27. The highest BCUT2D eigenvalue weighted by atomic mass is 28.4. The number of nitrogens with one attached hydrogen (secondary N) is 1. The van der Waals surface area contributed by atoms with Crippen LogP contribution in [0, 0.1) is 20.8 Å². The molecule has 1 aromatic carbocycles. The van der Waals surface area contributed by atoms with Gasteiger partial charge < -0.3 is 19.5 Å². The zero-order chi connectivity index (χ0) is 32.1. The molecule has 1 fully saturated rings. The molecule has 1 N–H and O–H groups in total. The van der Waals surface area contributed by atoms with Gasteiger partial charge in [0.1, 0.15) is 5.75 Å². The monoisotopic (exact) mass is 615 g/mol. The molecule has 0 spiro atoms. The number of carbonyl (C=O) groups excluding carboxylic acids is 1. The first-order valence-corrected chi connectivity index (χ1v) is 19.1. The van der Waals surface area contributed by atoms with Crippen molar-refractivity contribution in [3.05, 3.63) is 82.9 Å². The lowest BCUT2D eigenvalue weighted by molar-refractivity contribution is 0.0943. The summed E-state index contributed by atoms with van der Waals surface area (Å²) in [5.41, 5.74) is 6.21. The number of hydrogen-bond donors (Lipinski definition) is 1. The van der Waals surface area contributed by atoms with Gasteiger partial charge in [0.25, 0.3) is 5.91 Å². The maximum atomic E-state index is 12.8. The van der Waals surface area contributed by atoms with Gasteiger partial charge in [-0.05, 0) is 118 Å². The van der Waals surface area contributed by atoms with E-state index in [9.17, 15) is 4.79 Å². The molecule has 7 nitrogen and oxygen atoms in total. The van der Waals surface area contributed by atoms with Crippen molar-refractivity contribution in [2.45, 2.75) is 104 Å². The number of aryl methyl sites for hydroxylation is 3. The molecular formula is C36H53N5O2Si. The molecule has 0 saturated carbocycles. The first kappa shape index (κ1) is 33.7. The highest BCUT2D eigenvalue weighted by molar-refractivity contribution is 6.74. The summed E-state index contributed by atoms with van der Waals surface area (Å²) in [4.78, 5) is 26.7. The molecule has 3 aromatic rings. The summed E-state index contributed by atoms with van der Waals surface area (Å²) in [6.07, 6.45) is 8.74. The summed E-state index contributed by atoms with van der Waals surface area (Å²) in [5.74, 6) is 0.934. The number of piperidine rings is 1. The second kappa shape index (κ2) is 14.2. The third-order valence-electron chi connectivity index (χ3n) is 9.82. The molecule has 2 aromatic heterocycles. The van der Waals surface area contributed by atoms with Gasteiger partial charge in [-0.3, -0.25) is 14.8 Å². The van der Waals surface area contributed by atoms with E-state index < -0.39 is 8.32 Å². The Morgan fingerprint density at radius 3 is 2.32 bits per heavy atom. The number of amides is 1. The van der Waals surface area contributed by atoms with Crippen LogP contribution in [0.4, 0.5) is 5.69 Å². The summed E-state index contributed by atoms with van der Waals surface area (Å²) in [7, 11) is -1.90. The predicted octanol–water partition coefficient (Wildman–Crippen LogP) is 7.47. The SMILES string of the molecule is Cc1ccncc1CN(c1ccc(O[Si](C)(C)C(C)(C)C)cc1)C1CCN([C@H](C)CCNC(=O)c2c(C)ccnc2C)CC1. The molecule has 8 heteroatoms. The molecule has 0 aliphatic carbocycles. The van der Waals surface area contributed by atoms with E-state index in [4.69, 9.17) is 4.43 Å². The molecule has 3 heterocycles. The normalized spacial score (nSPS) is 15.6. The molecule has 44 heavy (non-hydrogen) atoms. The van der Waals surface area contributed by atoms with E-state index in [0.29, 0.717) is 24.2 Å². The highest BCUT2D eigenvalue weighted by Gasteiger charge is 2.39. The lowest BCUT2D eigenvalue weighted by atomic mass is 9.99. The molecule has 1 aliphatic rings. The Hall–Kier alpha value is -3.23. The van der Waals surface area contributed by atoms with E-state index in [-0.39, 0.29) is 10.9 Å². The molecule has 0 bridgehead atoms. The third-order valence-corrected chi connectivity index (χ3v) is 14.2. The van der Waals surface area contributed by atoms with Crippen LogP contribution in [-0.4, -0.2) is 60.8 Å². The van der Waals surface area contributed by atoms with E-state index >= 15 is 0 Å². The first-order valence-electron chi connectivity index (χ1n) is 16.2. The van der Waals surface area contributed by atoms with Crippen LogP contribution in [0.1, 0.15) is 79.7 Å². The molecule has 1 amide bonds. The van der Waals surface area contributed by atoms with Crippen molar-refractivity contribution in [3.8, 4) is 5.75 Å². The minimum atomic E-state index is -1.90. The van der Waals surface area contributed by atoms with Gasteiger partial charge in [0.2, 0.25) is 8.32 Å². The predicted molar refractivity (Wildman–Crippen MR) is 184 cm³/mol. The van der Waals surface area contributed by atoms with Crippen LogP contribution in [0.5, 0.6) is 5.75 Å². The Kier molecular flexibility index (Phi) is 10.9. The van der Waals surface area contributed by atoms with Crippen LogP contribution in [0.2, 0.25) is 18.1 Å². The van der Waals surface area contributed by atoms with Crippen LogP contribution < -0.4 is 14.6 Å². The average Bonchev–Trinajstić information content (AvgIpc) is 2.96. The minimum absolute atomic E-state index is 0.0268. The second-order valence-corrected chi connectivity index (χ2v) is 18.8. The van der Waals surface area contributed by atoms with Crippen LogP contribution in [-0.2, 0) is 6.54 Å². The van der Waals surface area contributed by atoms with Crippen LogP contribution in [0.15, 0.2) is 55.0 Å². The zero-order valence-corrected chi connectivity index (χ0v) is 29.4. The summed E-state index contributed by atoms with van der Waals surface area (Å²) in [6, 6.07) is 13.6. The number of likely N-dealkylation sites (tertiary alicyclic amines) is 1. The summed E-state index contributed by atoms with van der Waals surface area (Å²) in [5, 5.41) is 3.29.